The third kappa shape index (κ3) is 3.29. The molecular weight excluding hydrogens is 263 g/mol. The van der Waals surface area contributed by atoms with Crippen molar-refractivity contribution in [3.05, 3.63) is 102 Å². The van der Waals surface area contributed by atoms with Crippen LogP contribution in [0, 0.1) is 11.9 Å². The Kier molecular flexibility index (Phi) is 3.97. The quantitative estimate of drug-likeness (QED) is 0.666. The summed E-state index contributed by atoms with van der Waals surface area (Å²) in [5.74, 6) is 0.481. The second-order valence-electron chi connectivity index (χ2n) is 4.70. The normalized spacial score (nSPS) is 11.9. The summed E-state index contributed by atoms with van der Waals surface area (Å²) < 4.78 is 19.2. The van der Waals surface area contributed by atoms with Crippen LogP contribution in [0.2, 0.25) is 0 Å². The highest BCUT2D eigenvalue weighted by atomic mass is 19.1. The summed E-state index contributed by atoms with van der Waals surface area (Å²) >= 11 is 0. The van der Waals surface area contributed by atoms with Gasteiger partial charge in [0, 0.05) is 0 Å². The standard InChI is InChI=1S/C19H14FO/c20-17-13-11-16(12-14-17)19(15-7-3-1-4-8-15)21-18-9-5-2-6-10-18/h1-5,7-14,19H. The summed E-state index contributed by atoms with van der Waals surface area (Å²) in [6.07, 6.45) is -0.275. The first kappa shape index (κ1) is 13.4. The molecule has 0 heterocycles. The van der Waals surface area contributed by atoms with Crippen LogP contribution in [0.5, 0.6) is 5.75 Å². The van der Waals surface area contributed by atoms with Gasteiger partial charge >= 0.3 is 0 Å². The molecule has 3 rings (SSSR count). The van der Waals surface area contributed by atoms with E-state index in [1.54, 1.807) is 18.2 Å². The van der Waals surface area contributed by atoms with Crippen LogP contribution in [0.4, 0.5) is 4.39 Å². The lowest BCUT2D eigenvalue weighted by Gasteiger charge is -2.20. The molecule has 0 aliphatic rings. The molecule has 103 valence electrons. The SMILES string of the molecule is Fc1ccc(C(Oc2c[c]ccc2)c2ccccc2)cc1. The van der Waals surface area contributed by atoms with Gasteiger partial charge in [-0.2, -0.15) is 0 Å². The van der Waals surface area contributed by atoms with Gasteiger partial charge < -0.3 is 4.74 Å². The summed E-state index contributed by atoms with van der Waals surface area (Å²) in [5.41, 5.74) is 1.93. The van der Waals surface area contributed by atoms with E-state index in [9.17, 15) is 4.39 Å². The second-order valence-corrected chi connectivity index (χ2v) is 4.70. The second kappa shape index (κ2) is 6.23. The van der Waals surface area contributed by atoms with E-state index in [0.29, 0.717) is 0 Å². The lowest BCUT2D eigenvalue weighted by molar-refractivity contribution is 0.247. The molecule has 1 radical (unpaired) electrons. The highest BCUT2D eigenvalue weighted by Crippen LogP contribution is 2.28. The Morgan fingerprint density at radius 2 is 1.52 bits per heavy atom. The third-order valence-electron chi connectivity index (χ3n) is 3.21. The maximum atomic E-state index is 13.1. The zero-order valence-corrected chi connectivity index (χ0v) is 11.4. The largest absolute Gasteiger partial charge is 0.481 e. The molecule has 0 spiro atoms. The average molecular weight is 277 g/mol. The first-order chi connectivity index (χ1) is 10.3. The molecule has 3 aromatic carbocycles. The van der Waals surface area contributed by atoms with E-state index in [-0.39, 0.29) is 11.9 Å². The van der Waals surface area contributed by atoms with E-state index >= 15 is 0 Å². The van der Waals surface area contributed by atoms with E-state index in [1.165, 1.54) is 12.1 Å². The third-order valence-corrected chi connectivity index (χ3v) is 3.21. The van der Waals surface area contributed by atoms with Crippen molar-refractivity contribution in [3.63, 3.8) is 0 Å². The number of ether oxygens (including phenoxy) is 1. The van der Waals surface area contributed by atoms with Crippen molar-refractivity contribution >= 4 is 0 Å². The molecule has 1 atom stereocenters. The number of hydrogen-bond acceptors (Lipinski definition) is 1. The van der Waals surface area contributed by atoms with Gasteiger partial charge in [-0.3, -0.25) is 0 Å². The fraction of sp³-hybridized carbons (Fsp3) is 0.0526. The molecule has 0 saturated carbocycles. The van der Waals surface area contributed by atoms with E-state index in [2.05, 4.69) is 6.07 Å². The van der Waals surface area contributed by atoms with Crippen LogP contribution in [0.1, 0.15) is 17.2 Å². The Balaban J connectivity index is 1.97. The van der Waals surface area contributed by atoms with E-state index in [1.807, 2.05) is 48.5 Å². The van der Waals surface area contributed by atoms with Gasteiger partial charge in [0.25, 0.3) is 0 Å². The Bertz CT molecular complexity index is 678. The molecule has 0 N–H and O–H groups in total. The molecule has 0 amide bonds. The number of hydrogen-bond donors (Lipinski definition) is 0. The minimum atomic E-state index is -0.275. The first-order valence-corrected chi connectivity index (χ1v) is 6.76. The monoisotopic (exact) mass is 277 g/mol. The highest BCUT2D eigenvalue weighted by molar-refractivity contribution is 5.33. The smallest absolute Gasteiger partial charge is 0.149 e. The molecule has 21 heavy (non-hydrogen) atoms. The average Bonchev–Trinajstić information content (AvgIpc) is 2.55. The fourth-order valence-corrected chi connectivity index (χ4v) is 2.18. The van der Waals surface area contributed by atoms with Crippen molar-refractivity contribution in [2.75, 3.05) is 0 Å². The van der Waals surface area contributed by atoms with Crippen molar-refractivity contribution in [1.82, 2.24) is 0 Å². The summed E-state index contributed by atoms with van der Waals surface area (Å²) in [6.45, 7) is 0. The van der Waals surface area contributed by atoms with Crippen molar-refractivity contribution in [2.24, 2.45) is 0 Å². The van der Waals surface area contributed by atoms with Crippen LogP contribution < -0.4 is 4.74 Å². The molecule has 2 heteroatoms. The Labute approximate surface area is 123 Å². The minimum Gasteiger partial charge on any atom is -0.481 e. The molecular formula is C19H14FO. The Morgan fingerprint density at radius 1 is 0.810 bits per heavy atom. The van der Waals surface area contributed by atoms with Gasteiger partial charge in [0.1, 0.15) is 17.7 Å². The molecule has 0 fully saturated rings. The predicted molar refractivity (Wildman–Crippen MR) is 80.6 cm³/mol. The molecule has 1 unspecified atom stereocenters. The van der Waals surface area contributed by atoms with Gasteiger partial charge in [-0.25, -0.2) is 4.39 Å². The molecule has 0 aromatic heterocycles. The molecule has 3 aromatic rings. The Hall–Kier alpha value is -2.61. The topological polar surface area (TPSA) is 9.23 Å². The number of halogens is 1. The van der Waals surface area contributed by atoms with Crippen molar-refractivity contribution in [1.29, 1.82) is 0 Å². The predicted octanol–water partition coefficient (Wildman–Crippen LogP) is 4.79. The van der Waals surface area contributed by atoms with E-state index in [0.717, 1.165) is 16.9 Å². The van der Waals surface area contributed by atoms with Gasteiger partial charge in [-0.15, -0.1) is 0 Å². The van der Waals surface area contributed by atoms with Crippen LogP contribution >= 0.6 is 0 Å². The zero-order valence-electron chi connectivity index (χ0n) is 11.4. The lowest BCUT2D eigenvalue weighted by atomic mass is 10.0. The van der Waals surface area contributed by atoms with Gasteiger partial charge in [0.2, 0.25) is 0 Å². The minimum absolute atomic E-state index is 0.251. The summed E-state index contributed by atoms with van der Waals surface area (Å²) in [6, 6.07) is 26.7. The highest BCUT2D eigenvalue weighted by Gasteiger charge is 2.15. The first-order valence-electron chi connectivity index (χ1n) is 6.76. The van der Waals surface area contributed by atoms with Gasteiger partial charge in [0.15, 0.2) is 0 Å². The fourth-order valence-electron chi connectivity index (χ4n) is 2.18. The van der Waals surface area contributed by atoms with Crippen molar-refractivity contribution in [3.8, 4) is 5.75 Å². The van der Waals surface area contributed by atoms with Gasteiger partial charge in [0.05, 0.1) is 0 Å². The molecule has 0 saturated heterocycles. The summed E-state index contributed by atoms with van der Waals surface area (Å²) in [7, 11) is 0. The molecule has 0 bridgehead atoms. The van der Waals surface area contributed by atoms with Crippen molar-refractivity contribution in [2.45, 2.75) is 6.10 Å². The van der Waals surface area contributed by atoms with Crippen LogP contribution in [0.25, 0.3) is 0 Å². The van der Waals surface area contributed by atoms with E-state index < -0.39 is 0 Å². The van der Waals surface area contributed by atoms with Crippen LogP contribution in [-0.4, -0.2) is 0 Å². The van der Waals surface area contributed by atoms with Crippen LogP contribution in [-0.2, 0) is 0 Å². The van der Waals surface area contributed by atoms with Crippen LogP contribution in [0.3, 0.4) is 0 Å². The zero-order chi connectivity index (χ0) is 14.5. The molecule has 1 nitrogen and oxygen atoms in total. The number of rotatable bonds is 4. The number of benzene rings is 3. The maximum Gasteiger partial charge on any atom is 0.149 e. The van der Waals surface area contributed by atoms with Gasteiger partial charge in [-0.05, 0) is 41.5 Å². The Morgan fingerprint density at radius 3 is 2.19 bits per heavy atom. The summed E-state index contributed by atoms with van der Waals surface area (Å²) in [5, 5.41) is 0. The summed E-state index contributed by atoms with van der Waals surface area (Å²) in [4.78, 5) is 0. The molecule has 0 aliphatic heterocycles. The lowest BCUT2D eigenvalue weighted by Crippen LogP contribution is -2.09. The van der Waals surface area contributed by atoms with Gasteiger partial charge in [-0.1, -0.05) is 54.6 Å². The van der Waals surface area contributed by atoms with E-state index in [4.69, 9.17) is 4.74 Å². The maximum absolute atomic E-state index is 13.1. The van der Waals surface area contributed by atoms with Crippen molar-refractivity contribution < 1.29 is 9.13 Å². The van der Waals surface area contributed by atoms with Crippen LogP contribution in [0.15, 0.2) is 78.9 Å². The molecule has 0 aliphatic carbocycles.